The fourth-order valence-electron chi connectivity index (χ4n) is 1.37. The van der Waals surface area contributed by atoms with Gasteiger partial charge in [0.2, 0.25) is 11.4 Å². The second-order valence-corrected chi connectivity index (χ2v) is 6.31. The Balaban J connectivity index is 3.04. The Kier molecular flexibility index (Phi) is 5.70. The lowest BCUT2D eigenvalue weighted by atomic mass is 10.2. The third-order valence-electron chi connectivity index (χ3n) is 2.07. The number of Topliss-reactive ketones (excluding diaryl/α,β-unsaturated/α-hetero) is 1. The second-order valence-electron chi connectivity index (χ2n) is 3.25. The first-order valence-electron chi connectivity index (χ1n) is 5.45. The van der Waals surface area contributed by atoms with Crippen LogP contribution in [0.15, 0.2) is 17.5 Å². The van der Waals surface area contributed by atoms with Gasteiger partial charge < -0.3 is 9.05 Å². The molecule has 0 aliphatic carbocycles. The SMILES string of the molecule is CCOP(=O)(OCC)[C@@H](C#N)C(=O)c1cccs1. The van der Waals surface area contributed by atoms with Crippen LogP contribution in [0.3, 0.4) is 0 Å². The molecular formula is C11H14NO4PS. The van der Waals surface area contributed by atoms with E-state index < -0.39 is 19.0 Å². The van der Waals surface area contributed by atoms with E-state index in [1.54, 1.807) is 37.4 Å². The number of rotatable bonds is 7. The Morgan fingerprint density at radius 2 is 2.11 bits per heavy atom. The molecule has 0 spiro atoms. The fraction of sp³-hybridized carbons (Fsp3) is 0.455. The summed E-state index contributed by atoms with van der Waals surface area (Å²) in [6.07, 6.45) is 0. The summed E-state index contributed by atoms with van der Waals surface area (Å²) in [5, 5.41) is 10.8. The van der Waals surface area contributed by atoms with E-state index in [0.717, 1.165) is 0 Å². The predicted molar refractivity (Wildman–Crippen MR) is 68.9 cm³/mol. The molecule has 0 saturated heterocycles. The highest BCUT2D eigenvalue weighted by Gasteiger charge is 2.42. The third kappa shape index (κ3) is 3.27. The standard InChI is InChI=1S/C11H14NO4PS/c1-3-15-17(14,16-4-2)9(8-12)11(13)10-6-5-7-18-10/h5-7,9H,3-4H2,1-2H3/t9-/m0/s1. The number of nitriles is 1. The van der Waals surface area contributed by atoms with Crippen LogP contribution in [-0.4, -0.2) is 24.7 Å². The summed E-state index contributed by atoms with van der Waals surface area (Å²) in [5.74, 6) is -0.516. The van der Waals surface area contributed by atoms with Crippen molar-refractivity contribution in [2.45, 2.75) is 19.5 Å². The summed E-state index contributed by atoms with van der Waals surface area (Å²) in [7, 11) is -3.73. The Morgan fingerprint density at radius 3 is 2.50 bits per heavy atom. The van der Waals surface area contributed by atoms with E-state index in [9.17, 15) is 9.36 Å². The number of hydrogen-bond donors (Lipinski definition) is 0. The van der Waals surface area contributed by atoms with E-state index >= 15 is 0 Å². The van der Waals surface area contributed by atoms with E-state index in [0.29, 0.717) is 4.88 Å². The van der Waals surface area contributed by atoms with Crippen LogP contribution in [0.4, 0.5) is 0 Å². The van der Waals surface area contributed by atoms with Gasteiger partial charge in [0.05, 0.1) is 24.2 Å². The first-order chi connectivity index (χ1) is 8.59. The number of carbonyl (C=O) groups is 1. The summed E-state index contributed by atoms with van der Waals surface area (Å²) in [6.45, 7) is 3.51. The number of hydrogen-bond acceptors (Lipinski definition) is 6. The predicted octanol–water partition coefficient (Wildman–Crippen LogP) is 3.09. The Bertz CT molecular complexity index is 470. The van der Waals surface area contributed by atoms with E-state index in [-0.39, 0.29) is 13.2 Å². The van der Waals surface area contributed by atoms with Crippen LogP contribution in [0.1, 0.15) is 23.5 Å². The minimum Gasteiger partial charge on any atom is -0.308 e. The van der Waals surface area contributed by atoms with Gasteiger partial charge in [-0.3, -0.25) is 9.36 Å². The van der Waals surface area contributed by atoms with Crippen molar-refractivity contribution in [3.63, 3.8) is 0 Å². The second kappa shape index (κ2) is 6.81. The Labute approximate surface area is 110 Å². The molecule has 0 fully saturated rings. The van der Waals surface area contributed by atoms with Gasteiger partial charge >= 0.3 is 7.60 Å². The normalized spacial score (nSPS) is 12.9. The molecule has 1 rings (SSSR count). The molecule has 1 heterocycles. The van der Waals surface area contributed by atoms with Crippen LogP contribution in [0.2, 0.25) is 0 Å². The van der Waals surface area contributed by atoms with Crippen molar-refractivity contribution in [1.29, 1.82) is 5.26 Å². The molecule has 0 radical (unpaired) electrons. The summed E-state index contributed by atoms with van der Waals surface area (Å²) in [4.78, 5) is 12.5. The molecule has 0 saturated carbocycles. The van der Waals surface area contributed by atoms with Crippen molar-refractivity contribution in [3.05, 3.63) is 22.4 Å². The van der Waals surface area contributed by atoms with E-state index in [1.807, 2.05) is 0 Å². The maximum atomic E-state index is 12.4. The van der Waals surface area contributed by atoms with Gasteiger partial charge in [-0.25, -0.2) is 0 Å². The Morgan fingerprint density at radius 1 is 1.50 bits per heavy atom. The molecule has 5 nitrogen and oxygen atoms in total. The van der Waals surface area contributed by atoms with Crippen LogP contribution >= 0.6 is 18.9 Å². The lowest BCUT2D eigenvalue weighted by Crippen LogP contribution is -2.21. The molecule has 1 aromatic rings. The summed E-state index contributed by atoms with van der Waals surface area (Å²) in [5.41, 5.74) is -1.41. The topological polar surface area (TPSA) is 76.4 Å². The van der Waals surface area contributed by atoms with Gasteiger partial charge in [-0.15, -0.1) is 11.3 Å². The van der Waals surface area contributed by atoms with E-state index in [1.165, 1.54) is 11.3 Å². The first kappa shape index (κ1) is 15.1. The number of carbonyl (C=O) groups excluding carboxylic acids is 1. The van der Waals surface area contributed by atoms with Crippen LogP contribution < -0.4 is 0 Å². The highest BCUT2D eigenvalue weighted by atomic mass is 32.1. The Hall–Kier alpha value is -0.990. The molecule has 1 atom stereocenters. The molecular weight excluding hydrogens is 273 g/mol. The third-order valence-corrected chi connectivity index (χ3v) is 5.17. The molecule has 0 unspecified atom stereocenters. The summed E-state index contributed by atoms with van der Waals surface area (Å²) >= 11 is 1.19. The first-order valence-corrected chi connectivity index (χ1v) is 7.94. The largest absolute Gasteiger partial charge is 0.355 e. The number of ketones is 1. The van der Waals surface area contributed by atoms with Crippen molar-refractivity contribution in [2.75, 3.05) is 13.2 Å². The lowest BCUT2D eigenvalue weighted by Gasteiger charge is -2.20. The molecule has 0 aromatic carbocycles. The zero-order chi connectivity index (χ0) is 13.6. The molecule has 0 amide bonds. The minimum atomic E-state index is -3.73. The maximum absolute atomic E-state index is 12.4. The number of thiophene rings is 1. The average molecular weight is 287 g/mol. The monoisotopic (exact) mass is 287 g/mol. The van der Waals surface area contributed by atoms with Crippen molar-refractivity contribution < 1.29 is 18.4 Å². The molecule has 1 aromatic heterocycles. The van der Waals surface area contributed by atoms with Gasteiger partial charge in [-0.2, -0.15) is 5.26 Å². The summed E-state index contributed by atoms with van der Waals surface area (Å²) in [6, 6.07) is 5.02. The van der Waals surface area contributed by atoms with Crippen LogP contribution in [0.25, 0.3) is 0 Å². The molecule has 7 heteroatoms. The fourth-order valence-corrected chi connectivity index (χ4v) is 3.82. The quantitative estimate of drug-likeness (QED) is 0.569. The van der Waals surface area contributed by atoms with Crippen LogP contribution in [0.5, 0.6) is 0 Å². The molecule has 0 N–H and O–H groups in total. The van der Waals surface area contributed by atoms with E-state index in [4.69, 9.17) is 14.3 Å². The lowest BCUT2D eigenvalue weighted by molar-refractivity contribution is 0.0989. The smallest absolute Gasteiger partial charge is 0.308 e. The number of nitrogens with zero attached hydrogens (tertiary/aromatic N) is 1. The highest BCUT2D eigenvalue weighted by molar-refractivity contribution is 7.56. The minimum absolute atomic E-state index is 0.118. The van der Waals surface area contributed by atoms with Crippen LogP contribution in [0, 0.1) is 11.3 Å². The van der Waals surface area contributed by atoms with Crippen molar-refractivity contribution >= 4 is 24.7 Å². The van der Waals surface area contributed by atoms with Gasteiger partial charge in [-0.1, -0.05) is 6.07 Å². The molecule has 0 aliphatic heterocycles. The van der Waals surface area contributed by atoms with Crippen LogP contribution in [-0.2, 0) is 13.6 Å². The van der Waals surface area contributed by atoms with E-state index in [2.05, 4.69) is 0 Å². The van der Waals surface area contributed by atoms with Gasteiger partial charge in [0, 0.05) is 0 Å². The maximum Gasteiger partial charge on any atom is 0.355 e. The zero-order valence-corrected chi connectivity index (χ0v) is 11.9. The van der Waals surface area contributed by atoms with Crippen molar-refractivity contribution in [2.24, 2.45) is 0 Å². The van der Waals surface area contributed by atoms with Crippen molar-refractivity contribution in [3.8, 4) is 6.07 Å². The summed E-state index contributed by atoms with van der Waals surface area (Å²) < 4.78 is 22.5. The highest BCUT2D eigenvalue weighted by Crippen LogP contribution is 2.53. The zero-order valence-electron chi connectivity index (χ0n) is 10.2. The molecule has 98 valence electrons. The molecule has 18 heavy (non-hydrogen) atoms. The van der Waals surface area contributed by atoms with Gasteiger partial charge in [0.25, 0.3) is 0 Å². The average Bonchev–Trinajstić information content (AvgIpc) is 2.83. The van der Waals surface area contributed by atoms with Gasteiger partial charge in [0.15, 0.2) is 0 Å². The van der Waals surface area contributed by atoms with Crippen molar-refractivity contribution in [1.82, 2.24) is 0 Å². The molecule has 0 bridgehead atoms. The van der Waals surface area contributed by atoms with Gasteiger partial charge in [0.1, 0.15) is 0 Å². The van der Waals surface area contributed by atoms with Gasteiger partial charge in [-0.05, 0) is 25.3 Å². The molecule has 0 aliphatic rings.